The summed E-state index contributed by atoms with van der Waals surface area (Å²) in [7, 11) is 4.11. The maximum absolute atomic E-state index is 10.5. The molecule has 0 radical (unpaired) electrons. The zero-order chi connectivity index (χ0) is 18.4. The minimum Gasteiger partial charge on any atom is -0.392 e. The highest BCUT2D eigenvalue weighted by atomic mass is 16.3. The lowest BCUT2D eigenvalue weighted by Gasteiger charge is -2.38. The lowest BCUT2D eigenvalue weighted by molar-refractivity contribution is 0.00942. The third-order valence-corrected chi connectivity index (χ3v) is 6.27. The fourth-order valence-electron chi connectivity index (χ4n) is 4.84. The number of aromatic nitrogens is 1. The van der Waals surface area contributed by atoms with Crippen LogP contribution in [0.2, 0.25) is 0 Å². The molecule has 4 rings (SSSR count). The van der Waals surface area contributed by atoms with Gasteiger partial charge < -0.3 is 20.0 Å². The van der Waals surface area contributed by atoms with Crippen molar-refractivity contribution < 1.29 is 10.2 Å². The summed E-state index contributed by atoms with van der Waals surface area (Å²) in [6.45, 7) is 3.95. The first kappa shape index (κ1) is 17.7. The van der Waals surface area contributed by atoms with Crippen molar-refractivity contribution >= 4 is 16.7 Å². The molecular weight excluding hydrogens is 326 g/mol. The van der Waals surface area contributed by atoms with Gasteiger partial charge in [-0.15, -0.1) is 0 Å². The summed E-state index contributed by atoms with van der Waals surface area (Å²) < 4.78 is 0. The molecule has 1 aliphatic heterocycles. The first-order chi connectivity index (χ1) is 12.5. The van der Waals surface area contributed by atoms with Gasteiger partial charge in [-0.05, 0) is 63.4 Å². The minimum absolute atomic E-state index is 0.000923. The zero-order valence-corrected chi connectivity index (χ0v) is 15.9. The number of aryl methyl sites for hydroxylation is 1. The Hall–Kier alpha value is -1.69. The third kappa shape index (κ3) is 3.08. The first-order valence-electron chi connectivity index (χ1n) is 9.57. The van der Waals surface area contributed by atoms with Gasteiger partial charge in [-0.1, -0.05) is 12.1 Å². The number of hydrogen-bond donors (Lipinski definition) is 2. The summed E-state index contributed by atoms with van der Waals surface area (Å²) in [5.74, 6) is 1.99. The topological polar surface area (TPSA) is 59.8 Å². The summed E-state index contributed by atoms with van der Waals surface area (Å²) >= 11 is 0. The van der Waals surface area contributed by atoms with E-state index in [0.29, 0.717) is 11.8 Å². The van der Waals surface area contributed by atoms with E-state index < -0.39 is 0 Å². The summed E-state index contributed by atoms with van der Waals surface area (Å²) in [5.41, 5.74) is 3.07. The fourth-order valence-corrected chi connectivity index (χ4v) is 4.84. The van der Waals surface area contributed by atoms with E-state index in [0.717, 1.165) is 48.2 Å². The fraction of sp³-hybridized carbons (Fsp3) is 0.571. The predicted molar refractivity (Wildman–Crippen MR) is 104 cm³/mol. The molecule has 1 saturated heterocycles. The highest BCUT2D eigenvalue weighted by molar-refractivity contribution is 5.82. The number of pyridine rings is 1. The normalized spacial score (nSPS) is 28.8. The van der Waals surface area contributed by atoms with Crippen molar-refractivity contribution in [2.45, 2.75) is 38.5 Å². The van der Waals surface area contributed by atoms with Crippen LogP contribution >= 0.6 is 0 Å². The van der Waals surface area contributed by atoms with Gasteiger partial charge in [-0.3, -0.25) is 0 Å². The Morgan fingerprint density at radius 1 is 1.15 bits per heavy atom. The van der Waals surface area contributed by atoms with Crippen molar-refractivity contribution in [1.29, 1.82) is 0 Å². The average Bonchev–Trinajstić information content (AvgIpc) is 3.02. The van der Waals surface area contributed by atoms with Crippen LogP contribution in [0.25, 0.3) is 10.9 Å². The SMILES string of the molecule is Cc1ccc2cc(CO)c(N3C[C@H]4C[C@@H](N(C)C)[C@H](O)C[C@H]4C3)nc2c1. The van der Waals surface area contributed by atoms with Crippen molar-refractivity contribution in [2.75, 3.05) is 32.1 Å². The van der Waals surface area contributed by atoms with Crippen molar-refractivity contribution in [3.8, 4) is 0 Å². The molecule has 26 heavy (non-hydrogen) atoms. The number of nitrogens with zero attached hydrogens (tertiary/aromatic N) is 3. The van der Waals surface area contributed by atoms with Gasteiger partial charge in [0.15, 0.2) is 0 Å². The van der Waals surface area contributed by atoms with E-state index in [1.165, 1.54) is 5.56 Å². The van der Waals surface area contributed by atoms with Gasteiger partial charge in [-0.25, -0.2) is 4.98 Å². The molecule has 1 aliphatic carbocycles. The summed E-state index contributed by atoms with van der Waals surface area (Å²) in [5, 5.41) is 21.5. The Kier molecular flexibility index (Phi) is 4.63. The van der Waals surface area contributed by atoms with Gasteiger partial charge in [0.2, 0.25) is 0 Å². The van der Waals surface area contributed by atoms with Gasteiger partial charge in [0.05, 0.1) is 18.2 Å². The summed E-state index contributed by atoms with van der Waals surface area (Å²) in [4.78, 5) is 9.39. The van der Waals surface area contributed by atoms with Crippen LogP contribution in [0.5, 0.6) is 0 Å². The van der Waals surface area contributed by atoms with Crippen LogP contribution in [-0.4, -0.2) is 59.4 Å². The van der Waals surface area contributed by atoms with E-state index in [1.54, 1.807) is 0 Å². The molecule has 2 N–H and O–H groups in total. The number of aliphatic hydroxyl groups excluding tert-OH is 2. The second kappa shape index (κ2) is 6.80. The van der Waals surface area contributed by atoms with E-state index in [1.807, 2.05) is 0 Å². The van der Waals surface area contributed by atoms with Crippen molar-refractivity contribution in [3.05, 3.63) is 35.4 Å². The van der Waals surface area contributed by atoms with Crippen LogP contribution < -0.4 is 4.90 Å². The quantitative estimate of drug-likeness (QED) is 0.884. The van der Waals surface area contributed by atoms with Gasteiger partial charge in [0.1, 0.15) is 5.82 Å². The van der Waals surface area contributed by atoms with Crippen LogP contribution in [-0.2, 0) is 6.61 Å². The number of likely N-dealkylation sites (N-methyl/N-ethyl adjacent to an activating group) is 1. The molecule has 1 saturated carbocycles. The maximum atomic E-state index is 10.5. The number of anilines is 1. The van der Waals surface area contributed by atoms with Crippen LogP contribution in [0.4, 0.5) is 5.82 Å². The van der Waals surface area contributed by atoms with Crippen molar-refractivity contribution in [1.82, 2.24) is 9.88 Å². The number of rotatable bonds is 3. The predicted octanol–water partition coefficient (Wildman–Crippen LogP) is 2.17. The Bertz CT molecular complexity index is 807. The van der Waals surface area contributed by atoms with Gasteiger partial charge in [-0.2, -0.15) is 0 Å². The molecule has 1 aromatic heterocycles. The first-order valence-corrected chi connectivity index (χ1v) is 9.57. The summed E-state index contributed by atoms with van der Waals surface area (Å²) in [6, 6.07) is 8.56. The molecule has 140 valence electrons. The molecule has 0 bridgehead atoms. The Morgan fingerprint density at radius 3 is 2.58 bits per heavy atom. The van der Waals surface area contributed by atoms with Gasteiger partial charge in [0, 0.05) is 30.1 Å². The highest BCUT2D eigenvalue weighted by Gasteiger charge is 2.43. The second-order valence-electron chi connectivity index (χ2n) is 8.32. The molecule has 4 atom stereocenters. The molecule has 5 nitrogen and oxygen atoms in total. The molecule has 1 aromatic carbocycles. The van der Waals surface area contributed by atoms with E-state index in [2.05, 4.69) is 55.1 Å². The molecule has 2 aromatic rings. The lowest BCUT2D eigenvalue weighted by Crippen LogP contribution is -2.46. The molecule has 0 unspecified atom stereocenters. The zero-order valence-electron chi connectivity index (χ0n) is 15.9. The van der Waals surface area contributed by atoms with Gasteiger partial charge >= 0.3 is 0 Å². The molecule has 2 fully saturated rings. The van der Waals surface area contributed by atoms with E-state index >= 15 is 0 Å². The van der Waals surface area contributed by atoms with Crippen LogP contribution in [0.1, 0.15) is 24.0 Å². The standard InChI is InChI=1S/C21H29N3O2/c1-13-4-5-14-7-17(12-25)21(22-18(14)6-13)24-10-15-8-19(23(2)3)20(26)9-16(15)11-24/h4-7,15-16,19-20,25-26H,8-12H2,1-3H3/t15-,16+,19-,20-/m1/s1. The lowest BCUT2D eigenvalue weighted by atomic mass is 9.77. The molecule has 2 aliphatic rings. The Labute approximate surface area is 155 Å². The minimum atomic E-state index is -0.254. The molecule has 2 heterocycles. The van der Waals surface area contributed by atoms with Crippen LogP contribution in [0, 0.1) is 18.8 Å². The molecule has 0 amide bonds. The largest absolute Gasteiger partial charge is 0.392 e. The Balaban J connectivity index is 1.64. The Morgan fingerprint density at radius 2 is 1.88 bits per heavy atom. The third-order valence-electron chi connectivity index (χ3n) is 6.27. The van der Waals surface area contributed by atoms with Crippen molar-refractivity contribution in [2.24, 2.45) is 11.8 Å². The van der Waals surface area contributed by atoms with Crippen LogP contribution in [0.3, 0.4) is 0 Å². The smallest absolute Gasteiger partial charge is 0.134 e. The highest BCUT2D eigenvalue weighted by Crippen LogP contribution is 2.40. The number of fused-ring (bicyclic) bond motifs is 2. The van der Waals surface area contributed by atoms with Gasteiger partial charge in [0.25, 0.3) is 0 Å². The van der Waals surface area contributed by atoms with Crippen LogP contribution in [0.15, 0.2) is 24.3 Å². The second-order valence-corrected chi connectivity index (χ2v) is 8.32. The monoisotopic (exact) mass is 355 g/mol. The molecule has 0 spiro atoms. The molecular formula is C21H29N3O2. The van der Waals surface area contributed by atoms with Crippen molar-refractivity contribution in [3.63, 3.8) is 0 Å². The number of hydrogen-bond acceptors (Lipinski definition) is 5. The average molecular weight is 355 g/mol. The summed E-state index contributed by atoms with van der Waals surface area (Å²) in [6.07, 6.45) is 1.62. The van der Waals surface area contributed by atoms with E-state index in [4.69, 9.17) is 4.98 Å². The number of aliphatic hydroxyl groups is 2. The maximum Gasteiger partial charge on any atom is 0.134 e. The molecule has 5 heteroatoms. The number of benzene rings is 1. The van der Waals surface area contributed by atoms with E-state index in [9.17, 15) is 10.2 Å². The van der Waals surface area contributed by atoms with E-state index in [-0.39, 0.29) is 18.8 Å².